The van der Waals surface area contributed by atoms with Gasteiger partial charge in [-0.25, -0.2) is 18.0 Å². The predicted octanol–water partition coefficient (Wildman–Crippen LogP) is 0.906. The van der Waals surface area contributed by atoms with Crippen molar-refractivity contribution in [3.05, 3.63) is 64.2 Å². The normalized spacial score (nSPS) is 13.9. The highest BCUT2D eigenvalue weighted by Crippen LogP contribution is 2.22. The maximum Gasteiger partial charge on any atom is 0.414 e. The third-order valence-electron chi connectivity index (χ3n) is 4.71. The van der Waals surface area contributed by atoms with E-state index < -0.39 is 26.9 Å². The van der Waals surface area contributed by atoms with Gasteiger partial charge in [0.2, 0.25) is 10.0 Å². The number of methoxy groups -OCH3 is 1. The number of carboxylic acids is 2. The molecule has 182 valence electrons. The molecule has 0 aromatic heterocycles. The lowest BCUT2D eigenvalue weighted by Crippen LogP contribution is -2.50. The maximum atomic E-state index is 12.8. The minimum atomic E-state index is -3.67. The van der Waals surface area contributed by atoms with Gasteiger partial charge in [-0.15, -0.1) is 0 Å². The number of non-ortho nitro benzene ring substituents is 1. The number of rotatable bonds is 5. The fourth-order valence-electron chi connectivity index (χ4n) is 2.96. The number of piperazine rings is 1. The molecule has 0 atom stereocenters. The molecule has 2 aromatic rings. The lowest BCUT2D eigenvalue weighted by Gasteiger charge is -2.34. The zero-order chi connectivity index (χ0) is 25.5. The molecule has 14 heteroatoms. The summed E-state index contributed by atoms with van der Waals surface area (Å²) in [5.41, 5.74) is 0.0484. The standard InChI is InChI=1S/C18H19N3O6S.C2H2O4/c1-27-16-5-7-17(8-6-16)28(25,26)20-11-9-19(10-12-20)18(22)14-3-2-4-15(13-14)21(23)24;3-1(4)2(5)6/h2-8,13H,9-12H2,1H3;(H,3,4)(H,5,6). The van der Waals surface area contributed by atoms with E-state index in [2.05, 4.69) is 0 Å². The van der Waals surface area contributed by atoms with Crippen LogP contribution in [0.5, 0.6) is 5.75 Å². The number of nitro groups is 1. The number of nitro benzene ring substituents is 1. The molecule has 2 aromatic carbocycles. The molecule has 0 radical (unpaired) electrons. The number of carbonyl (C=O) groups excluding carboxylic acids is 1. The van der Waals surface area contributed by atoms with Crippen molar-refractivity contribution in [3.63, 3.8) is 0 Å². The van der Waals surface area contributed by atoms with E-state index in [0.717, 1.165) is 0 Å². The van der Waals surface area contributed by atoms with Crippen LogP contribution in [0.3, 0.4) is 0 Å². The van der Waals surface area contributed by atoms with Gasteiger partial charge in [0.25, 0.3) is 11.6 Å². The summed E-state index contributed by atoms with van der Waals surface area (Å²) in [4.78, 5) is 42.8. The van der Waals surface area contributed by atoms with Crippen molar-refractivity contribution in [3.8, 4) is 5.75 Å². The van der Waals surface area contributed by atoms with E-state index in [-0.39, 0.29) is 48.2 Å². The summed E-state index contributed by atoms with van der Waals surface area (Å²) in [6.45, 7) is 0.706. The van der Waals surface area contributed by atoms with Crippen LogP contribution in [0.1, 0.15) is 10.4 Å². The van der Waals surface area contributed by atoms with E-state index in [1.54, 1.807) is 12.1 Å². The Hall–Kier alpha value is -4.04. The number of ether oxygens (including phenoxy) is 1. The zero-order valence-corrected chi connectivity index (χ0v) is 18.7. The Morgan fingerprint density at radius 2 is 1.53 bits per heavy atom. The first kappa shape index (κ1) is 26.2. The third-order valence-corrected chi connectivity index (χ3v) is 6.62. The number of hydrogen-bond acceptors (Lipinski definition) is 8. The summed E-state index contributed by atoms with van der Waals surface area (Å²) in [6.07, 6.45) is 0. The summed E-state index contributed by atoms with van der Waals surface area (Å²) in [5, 5.41) is 25.7. The minimum absolute atomic E-state index is 0.148. The molecular formula is C20H21N3O10S. The largest absolute Gasteiger partial charge is 0.497 e. The average Bonchev–Trinajstić information content (AvgIpc) is 2.84. The highest BCUT2D eigenvalue weighted by Gasteiger charge is 2.30. The van der Waals surface area contributed by atoms with Crippen molar-refractivity contribution >= 4 is 33.6 Å². The molecule has 1 aliphatic rings. The molecule has 0 bridgehead atoms. The summed E-state index contributed by atoms with van der Waals surface area (Å²) < 4.78 is 31.9. The van der Waals surface area contributed by atoms with E-state index in [0.29, 0.717) is 5.75 Å². The molecule has 1 amide bonds. The molecule has 0 spiro atoms. The quantitative estimate of drug-likeness (QED) is 0.343. The number of carbonyl (C=O) groups is 3. The van der Waals surface area contributed by atoms with Gasteiger partial charge in [0.1, 0.15) is 5.75 Å². The monoisotopic (exact) mass is 495 g/mol. The van der Waals surface area contributed by atoms with E-state index >= 15 is 0 Å². The number of benzene rings is 2. The van der Waals surface area contributed by atoms with Gasteiger partial charge in [0, 0.05) is 43.9 Å². The number of hydrogen-bond donors (Lipinski definition) is 2. The number of aliphatic carboxylic acids is 2. The molecule has 0 aliphatic carbocycles. The minimum Gasteiger partial charge on any atom is -0.497 e. The number of sulfonamides is 1. The van der Waals surface area contributed by atoms with Crippen LogP contribution in [0, 0.1) is 10.1 Å². The van der Waals surface area contributed by atoms with Crippen molar-refractivity contribution in [2.45, 2.75) is 4.90 Å². The summed E-state index contributed by atoms with van der Waals surface area (Å²) in [5.74, 6) is -3.44. The Balaban J connectivity index is 0.000000604. The Kier molecular flexibility index (Phi) is 8.64. The molecule has 1 heterocycles. The second-order valence-corrected chi connectivity index (χ2v) is 8.73. The first-order valence-electron chi connectivity index (χ1n) is 9.61. The van der Waals surface area contributed by atoms with Crippen molar-refractivity contribution in [2.24, 2.45) is 0 Å². The molecule has 1 fully saturated rings. The lowest BCUT2D eigenvalue weighted by atomic mass is 10.1. The van der Waals surface area contributed by atoms with Gasteiger partial charge < -0.3 is 19.8 Å². The molecule has 13 nitrogen and oxygen atoms in total. The topological polar surface area (TPSA) is 185 Å². The van der Waals surface area contributed by atoms with Crippen molar-refractivity contribution in [1.29, 1.82) is 0 Å². The van der Waals surface area contributed by atoms with Crippen LogP contribution < -0.4 is 4.74 Å². The molecule has 3 rings (SSSR count). The Labute approximate surface area is 194 Å². The average molecular weight is 495 g/mol. The van der Waals surface area contributed by atoms with E-state index in [1.165, 1.54) is 52.7 Å². The Morgan fingerprint density at radius 1 is 0.971 bits per heavy atom. The molecule has 1 aliphatic heterocycles. The van der Waals surface area contributed by atoms with E-state index in [1.807, 2.05) is 0 Å². The van der Waals surface area contributed by atoms with Crippen LogP contribution in [0.25, 0.3) is 0 Å². The maximum absolute atomic E-state index is 12.8. The summed E-state index contributed by atoms with van der Waals surface area (Å²) in [6, 6.07) is 11.6. The smallest absolute Gasteiger partial charge is 0.414 e. The van der Waals surface area contributed by atoms with Crippen molar-refractivity contribution < 1.29 is 42.7 Å². The van der Waals surface area contributed by atoms with Gasteiger partial charge in [0.05, 0.1) is 16.9 Å². The van der Waals surface area contributed by atoms with Crippen LogP contribution in [-0.2, 0) is 19.6 Å². The predicted molar refractivity (Wildman–Crippen MR) is 116 cm³/mol. The van der Waals surface area contributed by atoms with Gasteiger partial charge in [-0.05, 0) is 30.3 Å². The van der Waals surface area contributed by atoms with Crippen LogP contribution in [0.2, 0.25) is 0 Å². The fraction of sp³-hybridized carbons (Fsp3) is 0.250. The fourth-order valence-corrected chi connectivity index (χ4v) is 4.39. The highest BCUT2D eigenvalue weighted by molar-refractivity contribution is 7.89. The molecule has 0 unspecified atom stereocenters. The number of carboxylic acid groups (broad SMARTS) is 2. The van der Waals surface area contributed by atoms with Gasteiger partial charge in [0.15, 0.2) is 0 Å². The van der Waals surface area contributed by atoms with Crippen LogP contribution in [0.4, 0.5) is 5.69 Å². The van der Waals surface area contributed by atoms with Crippen LogP contribution in [0.15, 0.2) is 53.4 Å². The second kappa shape index (κ2) is 11.2. The molecule has 34 heavy (non-hydrogen) atoms. The SMILES string of the molecule is COc1ccc(S(=O)(=O)N2CCN(C(=O)c3cccc([N+](=O)[O-])c3)CC2)cc1.O=C(O)C(=O)O. The lowest BCUT2D eigenvalue weighted by molar-refractivity contribution is -0.384. The third kappa shape index (κ3) is 6.49. The van der Waals surface area contributed by atoms with Gasteiger partial charge in [-0.3, -0.25) is 14.9 Å². The van der Waals surface area contributed by atoms with Gasteiger partial charge in [-0.2, -0.15) is 4.31 Å². The summed E-state index contributed by atoms with van der Waals surface area (Å²) in [7, 11) is -2.17. The molecule has 2 N–H and O–H groups in total. The Bertz CT molecular complexity index is 1160. The van der Waals surface area contributed by atoms with Crippen molar-refractivity contribution in [1.82, 2.24) is 9.21 Å². The van der Waals surface area contributed by atoms with Crippen LogP contribution >= 0.6 is 0 Å². The molecular weight excluding hydrogens is 474 g/mol. The first-order valence-corrected chi connectivity index (χ1v) is 11.1. The van der Waals surface area contributed by atoms with E-state index in [4.69, 9.17) is 24.5 Å². The molecule has 1 saturated heterocycles. The summed E-state index contributed by atoms with van der Waals surface area (Å²) >= 11 is 0. The number of amides is 1. The highest BCUT2D eigenvalue weighted by atomic mass is 32.2. The number of nitrogens with zero attached hydrogens (tertiary/aromatic N) is 3. The van der Waals surface area contributed by atoms with Crippen LogP contribution in [-0.4, -0.2) is 83.9 Å². The van der Waals surface area contributed by atoms with Gasteiger partial charge >= 0.3 is 11.9 Å². The first-order chi connectivity index (χ1) is 16.0. The second-order valence-electron chi connectivity index (χ2n) is 6.79. The van der Waals surface area contributed by atoms with Gasteiger partial charge in [-0.1, -0.05) is 6.07 Å². The molecule has 0 saturated carbocycles. The zero-order valence-electron chi connectivity index (χ0n) is 17.9. The van der Waals surface area contributed by atoms with Crippen molar-refractivity contribution in [2.75, 3.05) is 33.3 Å². The Morgan fingerprint density at radius 3 is 2.00 bits per heavy atom. The van der Waals surface area contributed by atoms with E-state index in [9.17, 15) is 23.3 Å².